The molecule has 0 saturated carbocycles. The Morgan fingerprint density at radius 3 is 2.54 bits per heavy atom. The highest BCUT2D eigenvalue weighted by Gasteiger charge is 2.23. The van der Waals surface area contributed by atoms with E-state index in [0.717, 1.165) is 0 Å². The molecule has 0 atom stereocenters. The zero-order valence-corrected chi connectivity index (χ0v) is 15.3. The topological polar surface area (TPSA) is 73.9 Å². The average Bonchev–Trinajstić information content (AvgIpc) is 2.76. The van der Waals surface area contributed by atoms with Crippen LogP contribution in [-0.2, 0) is 9.53 Å². The number of ether oxygens (including phenoxy) is 3. The molecule has 1 aliphatic heterocycles. The molecule has 2 rings (SSSR count). The Morgan fingerprint density at radius 1 is 1.29 bits per heavy atom. The van der Waals surface area contributed by atoms with Crippen LogP contribution in [0.3, 0.4) is 0 Å². The van der Waals surface area contributed by atoms with Gasteiger partial charge in [0, 0.05) is 0 Å². The number of methoxy groups -OCH3 is 1. The summed E-state index contributed by atoms with van der Waals surface area (Å²) in [6.45, 7) is 5.24. The van der Waals surface area contributed by atoms with Crippen LogP contribution in [0.15, 0.2) is 23.1 Å². The molecule has 0 aromatic heterocycles. The summed E-state index contributed by atoms with van der Waals surface area (Å²) < 4.78 is 15.9. The molecule has 8 heteroatoms. The molecule has 1 aromatic carbocycles. The quantitative estimate of drug-likeness (QED) is 0.379. The first kappa shape index (κ1) is 18.3. The molecule has 1 fully saturated rings. The maximum absolute atomic E-state index is 11.8. The van der Waals surface area contributed by atoms with Gasteiger partial charge in [-0.3, -0.25) is 4.79 Å². The van der Waals surface area contributed by atoms with Crippen LogP contribution in [0.25, 0.3) is 6.08 Å². The standard InChI is InChI=1S/C16H17NO5S2/c1-16(2,3)22-15(19)21-10-6-5-9(7-11(10)20-4)8-12-13(18)17-14(23)24-12/h5-8H,1-4H3,(H,17,18,23)/b12-8-. The number of thioether (sulfide) groups is 1. The van der Waals surface area contributed by atoms with Crippen molar-refractivity contribution in [3.8, 4) is 11.5 Å². The van der Waals surface area contributed by atoms with Crippen LogP contribution in [0.5, 0.6) is 11.5 Å². The van der Waals surface area contributed by atoms with Crippen molar-refractivity contribution in [1.29, 1.82) is 0 Å². The zero-order chi connectivity index (χ0) is 17.9. The molecule has 1 N–H and O–H groups in total. The van der Waals surface area contributed by atoms with Crippen molar-refractivity contribution in [2.24, 2.45) is 0 Å². The normalized spacial score (nSPS) is 16.1. The number of carbonyl (C=O) groups is 2. The van der Waals surface area contributed by atoms with Crippen LogP contribution in [-0.4, -0.2) is 29.1 Å². The third kappa shape index (κ3) is 4.97. The average molecular weight is 367 g/mol. The molecule has 1 aliphatic rings. The first-order valence-corrected chi connectivity index (χ1v) is 8.24. The number of rotatable bonds is 3. The predicted octanol–water partition coefficient (Wildman–Crippen LogP) is 3.50. The largest absolute Gasteiger partial charge is 0.514 e. The summed E-state index contributed by atoms with van der Waals surface area (Å²) in [5.74, 6) is 0.340. The molecule has 0 bridgehead atoms. The molecule has 0 aliphatic carbocycles. The molecule has 0 radical (unpaired) electrons. The van der Waals surface area contributed by atoms with E-state index in [-0.39, 0.29) is 11.7 Å². The van der Waals surface area contributed by atoms with E-state index in [1.165, 1.54) is 18.9 Å². The number of benzene rings is 1. The van der Waals surface area contributed by atoms with E-state index in [4.69, 9.17) is 26.4 Å². The summed E-state index contributed by atoms with van der Waals surface area (Å²) in [5, 5.41) is 2.54. The number of thiocarbonyl (C=S) groups is 1. The van der Waals surface area contributed by atoms with Gasteiger partial charge in [-0.2, -0.15) is 0 Å². The van der Waals surface area contributed by atoms with Gasteiger partial charge in [0.25, 0.3) is 5.91 Å². The van der Waals surface area contributed by atoms with Gasteiger partial charge in [-0.1, -0.05) is 30.0 Å². The Morgan fingerprint density at radius 2 is 2.00 bits per heavy atom. The van der Waals surface area contributed by atoms with E-state index < -0.39 is 11.8 Å². The highest BCUT2D eigenvalue weighted by Crippen LogP contribution is 2.32. The Hall–Kier alpha value is -2.06. The molecule has 0 spiro atoms. The maximum atomic E-state index is 11.8. The van der Waals surface area contributed by atoms with E-state index in [2.05, 4.69) is 5.32 Å². The lowest BCUT2D eigenvalue weighted by molar-refractivity contribution is -0.115. The minimum Gasteiger partial charge on any atom is -0.493 e. The lowest BCUT2D eigenvalue weighted by Crippen LogP contribution is -2.26. The van der Waals surface area contributed by atoms with Crippen molar-refractivity contribution in [1.82, 2.24) is 5.32 Å². The van der Waals surface area contributed by atoms with Crippen LogP contribution in [0.2, 0.25) is 0 Å². The van der Waals surface area contributed by atoms with Gasteiger partial charge in [0.15, 0.2) is 11.5 Å². The van der Waals surface area contributed by atoms with E-state index in [1.807, 2.05) is 0 Å². The van der Waals surface area contributed by atoms with Gasteiger partial charge in [0.1, 0.15) is 9.92 Å². The third-order valence-electron chi connectivity index (χ3n) is 2.71. The van der Waals surface area contributed by atoms with Crippen LogP contribution < -0.4 is 14.8 Å². The Labute approximate surface area is 149 Å². The van der Waals surface area contributed by atoms with Crippen molar-refractivity contribution in [3.63, 3.8) is 0 Å². The molecule has 128 valence electrons. The molecular formula is C16H17NO5S2. The van der Waals surface area contributed by atoms with Gasteiger partial charge in [-0.25, -0.2) is 4.79 Å². The van der Waals surface area contributed by atoms with Crippen molar-refractivity contribution in [3.05, 3.63) is 28.7 Å². The zero-order valence-electron chi connectivity index (χ0n) is 13.7. The molecule has 1 saturated heterocycles. The van der Waals surface area contributed by atoms with Crippen molar-refractivity contribution >= 4 is 46.4 Å². The minimum atomic E-state index is -0.817. The molecule has 1 heterocycles. The van der Waals surface area contributed by atoms with Gasteiger partial charge in [-0.05, 0) is 44.5 Å². The molecule has 0 unspecified atom stereocenters. The number of carbonyl (C=O) groups excluding carboxylic acids is 2. The lowest BCUT2D eigenvalue weighted by Gasteiger charge is -2.19. The second-order valence-electron chi connectivity index (χ2n) is 5.83. The summed E-state index contributed by atoms with van der Waals surface area (Å²) in [5.41, 5.74) is 0.0610. The molecule has 1 aromatic rings. The van der Waals surface area contributed by atoms with Gasteiger partial charge in [-0.15, -0.1) is 0 Å². The van der Waals surface area contributed by atoms with Crippen LogP contribution in [0.1, 0.15) is 26.3 Å². The number of amides is 1. The number of hydrogen-bond acceptors (Lipinski definition) is 7. The fraction of sp³-hybridized carbons (Fsp3) is 0.312. The van der Waals surface area contributed by atoms with Crippen LogP contribution in [0, 0.1) is 0 Å². The first-order chi connectivity index (χ1) is 11.2. The monoisotopic (exact) mass is 367 g/mol. The van der Waals surface area contributed by atoms with E-state index in [0.29, 0.717) is 20.5 Å². The van der Waals surface area contributed by atoms with Crippen molar-refractivity contribution in [2.45, 2.75) is 26.4 Å². The molecule has 1 amide bonds. The lowest BCUT2D eigenvalue weighted by atomic mass is 10.2. The highest BCUT2D eigenvalue weighted by molar-refractivity contribution is 8.26. The fourth-order valence-corrected chi connectivity index (χ4v) is 2.84. The Kier molecular flexibility index (Phi) is 5.51. The van der Waals surface area contributed by atoms with E-state index >= 15 is 0 Å². The molecule has 24 heavy (non-hydrogen) atoms. The van der Waals surface area contributed by atoms with Gasteiger partial charge >= 0.3 is 6.16 Å². The van der Waals surface area contributed by atoms with Crippen LogP contribution in [0.4, 0.5) is 4.79 Å². The fourth-order valence-electron chi connectivity index (χ4n) is 1.79. The highest BCUT2D eigenvalue weighted by atomic mass is 32.2. The van der Waals surface area contributed by atoms with Gasteiger partial charge in [0.2, 0.25) is 0 Å². The Balaban J connectivity index is 2.19. The second kappa shape index (κ2) is 7.23. The number of nitrogens with one attached hydrogen (secondary N) is 1. The van der Waals surface area contributed by atoms with Gasteiger partial charge < -0.3 is 19.5 Å². The predicted molar refractivity (Wildman–Crippen MR) is 96.2 cm³/mol. The third-order valence-corrected chi connectivity index (χ3v) is 3.87. The van der Waals surface area contributed by atoms with E-state index in [1.54, 1.807) is 45.0 Å². The SMILES string of the molecule is COc1cc(/C=C2\SC(=S)NC2=O)ccc1OC(=O)OC(C)(C)C. The molecule has 6 nitrogen and oxygen atoms in total. The maximum Gasteiger partial charge on any atom is 0.514 e. The molecular weight excluding hydrogens is 350 g/mol. The van der Waals surface area contributed by atoms with Crippen molar-refractivity contribution in [2.75, 3.05) is 7.11 Å². The Bertz CT molecular complexity index is 722. The smallest absolute Gasteiger partial charge is 0.493 e. The van der Waals surface area contributed by atoms with Gasteiger partial charge in [0.05, 0.1) is 12.0 Å². The van der Waals surface area contributed by atoms with Crippen LogP contribution >= 0.6 is 24.0 Å². The second-order valence-corrected chi connectivity index (χ2v) is 7.55. The summed E-state index contributed by atoms with van der Waals surface area (Å²) >= 11 is 6.13. The van der Waals surface area contributed by atoms with Crippen molar-refractivity contribution < 1.29 is 23.8 Å². The summed E-state index contributed by atoms with van der Waals surface area (Å²) in [6.07, 6.45) is 0.863. The first-order valence-electron chi connectivity index (χ1n) is 7.01. The summed E-state index contributed by atoms with van der Waals surface area (Å²) in [7, 11) is 1.46. The van der Waals surface area contributed by atoms with E-state index in [9.17, 15) is 9.59 Å². The summed E-state index contributed by atoms with van der Waals surface area (Å²) in [6, 6.07) is 4.93. The minimum absolute atomic E-state index is 0.230. The summed E-state index contributed by atoms with van der Waals surface area (Å²) in [4.78, 5) is 23.9. The number of hydrogen-bond donors (Lipinski definition) is 1.